The first-order valence-corrected chi connectivity index (χ1v) is 11.5. The molecule has 8 heteroatoms. The van der Waals surface area contributed by atoms with Crippen molar-refractivity contribution >= 4 is 29.5 Å². The number of aliphatic hydroxyl groups is 1. The second-order valence-electron chi connectivity index (χ2n) is 9.41. The van der Waals surface area contributed by atoms with Gasteiger partial charge in [-0.3, -0.25) is 14.4 Å². The topological polar surface area (TPSA) is 87.2 Å². The predicted octanol–water partition coefficient (Wildman–Crippen LogP) is 1.36. The van der Waals surface area contributed by atoms with Gasteiger partial charge in [0.2, 0.25) is 11.8 Å². The number of aliphatic hydroxyl groups excluding tert-OH is 1. The van der Waals surface area contributed by atoms with E-state index in [0.717, 1.165) is 0 Å². The molecule has 4 rings (SSSR count). The molecule has 0 bridgehead atoms. The molecule has 164 valence electrons. The number of esters is 1. The summed E-state index contributed by atoms with van der Waals surface area (Å²) >= 11 is 1.52. The molecule has 1 unspecified atom stereocenters. The number of hydrogen-bond acceptors (Lipinski definition) is 6. The van der Waals surface area contributed by atoms with E-state index in [1.165, 1.54) is 11.8 Å². The maximum Gasteiger partial charge on any atom is 0.311 e. The maximum atomic E-state index is 13.9. The Hall–Kier alpha value is -1.80. The number of likely N-dealkylation sites (tertiary alicyclic amines) is 1. The van der Waals surface area contributed by atoms with E-state index in [1.807, 2.05) is 52.0 Å². The van der Waals surface area contributed by atoms with E-state index >= 15 is 0 Å². The van der Waals surface area contributed by atoms with Gasteiger partial charge in [-0.25, -0.2) is 0 Å². The van der Waals surface area contributed by atoms with Gasteiger partial charge in [0.05, 0.1) is 29.2 Å². The summed E-state index contributed by atoms with van der Waals surface area (Å²) in [6.07, 6.45) is 8.22. The Bertz CT molecular complexity index is 815. The Balaban J connectivity index is 1.89. The first-order valence-electron chi connectivity index (χ1n) is 10.6. The number of ether oxygens (including phenoxy) is 1. The highest BCUT2D eigenvalue weighted by molar-refractivity contribution is 8.02. The van der Waals surface area contributed by atoms with Gasteiger partial charge < -0.3 is 19.6 Å². The zero-order valence-corrected chi connectivity index (χ0v) is 18.7. The summed E-state index contributed by atoms with van der Waals surface area (Å²) in [6, 6.07) is -1.23. The first kappa shape index (κ1) is 21.4. The van der Waals surface area contributed by atoms with Crippen LogP contribution in [0.1, 0.15) is 34.1 Å². The quantitative estimate of drug-likeness (QED) is 0.533. The van der Waals surface area contributed by atoms with E-state index in [2.05, 4.69) is 0 Å². The van der Waals surface area contributed by atoms with Crippen molar-refractivity contribution in [1.82, 2.24) is 9.80 Å². The van der Waals surface area contributed by atoms with E-state index in [0.29, 0.717) is 13.0 Å². The van der Waals surface area contributed by atoms with Gasteiger partial charge in [0, 0.05) is 17.3 Å². The van der Waals surface area contributed by atoms with Crippen molar-refractivity contribution in [1.29, 1.82) is 0 Å². The molecule has 0 aliphatic carbocycles. The average Bonchev–Trinajstić information content (AvgIpc) is 2.97. The van der Waals surface area contributed by atoms with Gasteiger partial charge in [-0.1, -0.05) is 31.2 Å². The number of carbonyl (C=O) groups excluding carboxylic acids is 3. The number of thioether (sulfide) groups is 1. The molecule has 1 spiro atoms. The second kappa shape index (κ2) is 7.41. The van der Waals surface area contributed by atoms with Gasteiger partial charge in [-0.15, -0.1) is 11.8 Å². The lowest BCUT2D eigenvalue weighted by molar-refractivity contribution is -0.152. The van der Waals surface area contributed by atoms with E-state index < -0.39 is 34.2 Å². The normalized spacial score (nSPS) is 36.8. The van der Waals surface area contributed by atoms with Crippen molar-refractivity contribution in [2.45, 2.75) is 61.7 Å². The highest BCUT2D eigenvalue weighted by atomic mass is 32.2. The molecule has 0 radical (unpaired) electrons. The zero-order valence-electron chi connectivity index (χ0n) is 17.9. The summed E-state index contributed by atoms with van der Waals surface area (Å²) < 4.78 is 4.50. The van der Waals surface area contributed by atoms with E-state index in [-0.39, 0.29) is 36.2 Å². The van der Waals surface area contributed by atoms with E-state index in [4.69, 9.17) is 4.74 Å². The standard InChI is InChI=1S/C22H30N2O5S/c1-5-13(12-25)24-17-19(27)23(21(2,3)4)10-7-9-22(17)16(18(24)26)15-14(30-22)8-6-11-29-20(15)28/h6-9,13-17,25H,5,10-12H2,1-4H3/t13-,14+,15-,16-,17?,22-/m0/s1. The molecule has 0 aromatic carbocycles. The molecule has 30 heavy (non-hydrogen) atoms. The number of carbonyl (C=O) groups is 3. The minimum atomic E-state index is -0.854. The Morgan fingerprint density at radius 2 is 2.00 bits per heavy atom. The molecule has 2 amide bonds. The van der Waals surface area contributed by atoms with Crippen molar-refractivity contribution in [3.05, 3.63) is 24.3 Å². The van der Waals surface area contributed by atoms with Crippen molar-refractivity contribution in [2.75, 3.05) is 19.8 Å². The third kappa shape index (κ3) is 2.94. The van der Waals surface area contributed by atoms with Gasteiger partial charge >= 0.3 is 5.97 Å². The number of amides is 2. The molecule has 6 atom stereocenters. The first-order chi connectivity index (χ1) is 14.2. The maximum absolute atomic E-state index is 13.9. The molecule has 1 N–H and O–H groups in total. The van der Waals surface area contributed by atoms with Crippen molar-refractivity contribution in [3.8, 4) is 0 Å². The van der Waals surface area contributed by atoms with Crippen molar-refractivity contribution in [3.63, 3.8) is 0 Å². The summed E-state index contributed by atoms with van der Waals surface area (Å²) in [5.41, 5.74) is -0.424. The second-order valence-corrected chi connectivity index (χ2v) is 10.9. The lowest BCUT2D eigenvalue weighted by Crippen LogP contribution is -2.59. The van der Waals surface area contributed by atoms with Crippen LogP contribution < -0.4 is 0 Å². The molecule has 7 nitrogen and oxygen atoms in total. The smallest absolute Gasteiger partial charge is 0.311 e. The Morgan fingerprint density at radius 1 is 1.27 bits per heavy atom. The number of hydrogen-bond donors (Lipinski definition) is 1. The van der Waals surface area contributed by atoms with Crippen LogP contribution in [0, 0.1) is 11.8 Å². The van der Waals surface area contributed by atoms with Crippen LogP contribution in [-0.2, 0) is 19.1 Å². The number of rotatable bonds is 3. The molecule has 0 aromatic heterocycles. The number of cyclic esters (lactones) is 1. The summed E-state index contributed by atoms with van der Waals surface area (Å²) in [6.45, 7) is 8.25. The largest absolute Gasteiger partial charge is 0.461 e. The monoisotopic (exact) mass is 434 g/mol. The van der Waals surface area contributed by atoms with Crippen molar-refractivity contribution in [2.24, 2.45) is 11.8 Å². The van der Waals surface area contributed by atoms with Gasteiger partial charge in [-0.2, -0.15) is 0 Å². The molecular weight excluding hydrogens is 404 g/mol. The predicted molar refractivity (Wildman–Crippen MR) is 114 cm³/mol. The summed E-state index contributed by atoms with van der Waals surface area (Å²) in [5.74, 6) is -2.07. The summed E-state index contributed by atoms with van der Waals surface area (Å²) in [7, 11) is 0. The Morgan fingerprint density at radius 3 is 2.63 bits per heavy atom. The van der Waals surface area contributed by atoms with Crippen LogP contribution in [0.5, 0.6) is 0 Å². The van der Waals surface area contributed by atoms with E-state index in [9.17, 15) is 19.5 Å². The van der Waals surface area contributed by atoms with E-state index in [1.54, 1.807) is 9.80 Å². The average molecular weight is 435 g/mol. The fraction of sp³-hybridized carbons (Fsp3) is 0.682. The van der Waals surface area contributed by atoms with Gasteiger partial charge in [0.15, 0.2) is 0 Å². The number of nitrogens with zero attached hydrogens (tertiary/aromatic N) is 2. The fourth-order valence-electron chi connectivity index (χ4n) is 5.32. The SMILES string of the molecule is CC[C@@H](CO)N1C(=O)[C@@H]2[C@H]3C(=O)OCC=C[C@H]3S[C@@]23C=CCN(C(C)(C)C)C(=O)C13. The third-order valence-corrected chi connectivity index (χ3v) is 8.48. The molecule has 0 saturated carbocycles. The number of fused-ring (bicyclic) bond motifs is 2. The minimum absolute atomic E-state index is 0.128. The lowest BCUT2D eigenvalue weighted by atomic mass is 9.78. The molecule has 2 saturated heterocycles. The van der Waals surface area contributed by atoms with Gasteiger partial charge in [0.1, 0.15) is 12.6 Å². The fourth-order valence-corrected chi connectivity index (χ4v) is 7.31. The molecule has 4 heterocycles. The molecule has 4 aliphatic heterocycles. The summed E-state index contributed by atoms with van der Waals surface area (Å²) in [4.78, 5) is 43.9. The molecule has 2 fully saturated rings. The van der Waals surface area contributed by atoms with Gasteiger partial charge in [-0.05, 0) is 27.2 Å². The van der Waals surface area contributed by atoms with Crippen molar-refractivity contribution < 1.29 is 24.2 Å². The zero-order chi connectivity index (χ0) is 21.8. The lowest BCUT2D eigenvalue weighted by Gasteiger charge is -2.42. The van der Waals surface area contributed by atoms with Crippen LogP contribution in [0.3, 0.4) is 0 Å². The highest BCUT2D eigenvalue weighted by Crippen LogP contribution is 2.61. The molecule has 4 aliphatic rings. The van der Waals surface area contributed by atoms with Crippen LogP contribution >= 0.6 is 11.8 Å². The van der Waals surface area contributed by atoms with Crippen LogP contribution in [0.25, 0.3) is 0 Å². The van der Waals surface area contributed by atoms with Gasteiger partial charge in [0.25, 0.3) is 0 Å². The minimum Gasteiger partial charge on any atom is -0.461 e. The third-order valence-electron chi connectivity index (χ3n) is 6.74. The Kier molecular flexibility index (Phi) is 5.29. The van der Waals surface area contributed by atoms with Crippen LogP contribution in [0.2, 0.25) is 0 Å². The highest BCUT2D eigenvalue weighted by Gasteiger charge is 2.72. The summed E-state index contributed by atoms with van der Waals surface area (Å²) in [5, 5.41) is 9.80. The molecular formula is C22H30N2O5S. The van der Waals surface area contributed by atoms with Crippen LogP contribution in [-0.4, -0.2) is 80.1 Å². The van der Waals surface area contributed by atoms with Crippen LogP contribution in [0.15, 0.2) is 24.3 Å². The van der Waals surface area contributed by atoms with Crippen LogP contribution in [0.4, 0.5) is 0 Å². The molecule has 0 aromatic rings. The Labute approximate surface area is 181 Å².